The van der Waals surface area contributed by atoms with Crippen molar-refractivity contribution in [3.8, 4) is 5.75 Å². The molecule has 1 saturated heterocycles. The number of aryl methyl sites for hydroxylation is 1. The second-order valence-electron chi connectivity index (χ2n) is 7.89. The highest BCUT2D eigenvalue weighted by Gasteiger charge is 2.30. The van der Waals surface area contributed by atoms with E-state index in [0.29, 0.717) is 24.6 Å². The van der Waals surface area contributed by atoms with Gasteiger partial charge in [0.05, 0.1) is 12.6 Å². The van der Waals surface area contributed by atoms with E-state index in [2.05, 4.69) is 25.3 Å². The fourth-order valence-corrected chi connectivity index (χ4v) is 3.71. The first kappa shape index (κ1) is 28.3. The summed E-state index contributed by atoms with van der Waals surface area (Å²) < 4.78 is 29.9. The van der Waals surface area contributed by atoms with Crippen LogP contribution in [0.5, 0.6) is 5.75 Å². The first-order valence-corrected chi connectivity index (χ1v) is 10.8. The predicted octanol–water partition coefficient (Wildman–Crippen LogP) is 3.21. The summed E-state index contributed by atoms with van der Waals surface area (Å²) >= 11 is 0. The molecule has 0 bridgehead atoms. The average Bonchev–Trinajstić information content (AvgIpc) is 3.18. The van der Waals surface area contributed by atoms with Crippen molar-refractivity contribution in [1.29, 1.82) is 0 Å². The van der Waals surface area contributed by atoms with Crippen LogP contribution < -0.4 is 15.4 Å². The molecule has 32 heavy (non-hydrogen) atoms. The van der Waals surface area contributed by atoms with Crippen LogP contribution in [0.1, 0.15) is 37.3 Å². The minimum absolute atomic E-state index is 0. The molecule has 1 unspecified atom stereocenters. The van der Waals surface area contributed by atoms with Gasteiger partial charge in [-0.3, -0.25) is 9.69 Å². The summed E-state index contributed by atoms with van der Waals surface area (Å²) in [6.45, 7) is 4.38. The zero-order valence-electron chi connectivity index (χ0n) is 19.4. The second kappa shape index (κ2) is 14.5. The van der Waals surface area contributed by atoms with Crippen molar-refractivity contribution in [2.45, 2.75) is 52.3 Å². The van der Waals surface area contributed by atoms with E-state index in [1.54, 1.807) is 37.2 Å². The third-order valence-corrected chi connectivity index (χ3v) is 5.19. The van der Waals surface area contributed by atoms with E-state index in [4.69, 9.17) is 0 Å². The molecule has 1 aliphatic rings. The van der Waals surface area contributed by atoms with Crippen LogP contribution in [0.4, 0.5) is 8.78 Å². The molecule has 10 heteroatoms. The van der Waals surface area contributed by atoms with Crippen LogP contribution in [0.15, 0.2) is 23.2 Å². The van der Waals surface area contributed by atoms with Crippen molar-refractivity contribution in [1.82, 2.24) is 20.4 Å². The Hall–Kier alpha value is -1.69. The number of carbonyl (C=O) groups excluding carboxylic acids is 1. The number of guanidine groups is 1. The number of likely N-dealkylation sites (N-methyl/N-ethyl adjacent to an activating group) is 1. The minimum Gasteiger partial charge on any atom is -0.434 e. The number of hydrogen-bond donors (Lipinski definition) is 2. The van der Waals surface area contributed by atoms with Gasteiger partial charge >= 0.3 is 6.61 Å². The van der Waals surface area contributed by atoms with Crippen LogP contribution in [0, 0.1) is 6.92 Å². The van der Waals surface area contributed by atoms with Crippen molar-refractivity contribution in [2.75, 3.05) is 40.3 Å². The maximum atomic E-state index is 12.7. The highest BCUT2D eigenvalue weighted by atomic mass is 127. The third kappa shape index (κ3) is 9.05. The average molecular weight is 567 g/mol. The Bertz CT molecular complexity index is 749. The van der Waals surface area contributed by atoms with Gasteiger partial charge in [0.15, 0.2) is 5.96 Å². The fourth-order valence-electron chi connectivity index (χ4n) is 3.71. The molecular formula is C22H36F2IN5O2. The van der Waals surface area contributed by atoms with Crippen molar-refractivity contribution in [3.63, 3.8) is 0 Å². The molecule has 0 spiro atoms. The summed E-state index contributed by atoms with van der Waals surface area (Å²) in [5, 5.41) is 6.46. The first-order valence-electron chi connectivity index (χ1n) is 10.8. The van der Waals surface area contributed by atoms with E-state index in [0.717, 1.165) is 37.9 Å². The molecule has 2 rings (SSSR count). The second-order valence-corrected chi connectivity index (χ2v) is 7.89. The Labute approximate surface area is 207 Å². The van der Waals surface area contributed by atoms with Crippen molar-refractivity contribution in [2.24, 2.45) is 4.99 Å². The number of nitrogens with zero attached hydrogens (tertiary/aromatic N) is 3. The number of rotatable bonds is 10. The zero-order valence-corrected chi connectivity index (χ0v) is 21.7. The Kier molecular flexibility index (Phi) is 12.8. The van der Waals surface area contributed by atoms with E-state index in [1.165, 1.54) is 0 Å². The molecule has 1 heterocycles. The molecule has 7 nitrogen and oxygen atoms in total. The van der Waals surface area contributed by atoms with Crippen molar-refractivity contribution >= 4 is 35.8 Å². The lowest BCUT2D eigenvalue weighted by Gasteiger charge is -2.26. The first-order chi connectivity index (χ1) is 14.8. The third-order valence-electron chi connectivity index (χ3n) is 5.19. The number of carbonyl (C=O) groups is 1. The summed E-state index contributed by atoms with van der Waals surface area (Å²) in [6, 6.07) is 5.07. The van der Waals surface area contributed by atoms with Crippen LogP contribution in [0.25, 0.3) is 0 Å². The Morgan fingerprint density at radius 2 is 2.09 bits per heavy atom. The molecule has 0 aromatic heterocycles. The maximum absolute atomic E-state index is 12.7. The number of aliphatic imine (C=N–C) groups is 1. The van der Waals surface area contributed by atoms with E-state index < -0.39 is 6.61 Å². The number of amides is 1. The van der Waals surface area contributed by atoms with Gasteiger partial charge in [-0.25, -0.2) is 4.99 Å². The van der Waals surface area contributed by atoms with Gasteiger partial charge < -0.3 is 20.3 Å². The number of alkyl halides is 2. The molecule has 1 amide bonds. The predicted molar refractivity (Wildman–Crippen MR) is 134 cm³/mol. The topological polar surface area (TPSA) is 69.2 Å². The molecule has 0 aliphatic carbocycles. The Balaban J connectivity index is 0.00000512. The number of halogens is 3. The molecule has 1 aromatic carbocycles. The standard InChI is InChI=1S/C22H35F2N5O2.HI/c1-5-25-22(27-15-17-14-16(2)9-10-19(17)31-21(23)24)26-11-7-13-29-12-6-8-18(29)20(30)28(3)4;/h9-10,14,18,21H,5-8,11-13,15H2,1-4H3,(H2,25,26,27);1H. The number of hydrogen-bond acceptors (Lipinski definition) is 4. The van der Waals surface area contributed by atoms with Crippen molar-refractivity contribution < 1.29 is 18.3 Å². The molecule has 0 saturated carbocycles. The van der Waals surface area contributed by atoms with Gasteiger partial charge in [-0.1, -0.05) is 17.7 Å². The Morgan fingerprint density at radius 3 is 2.75 bits per heavy atom. The summed E-state index contributed by atoms with van der Waals surface area (Å²) in [5.74, 6) is 0.931. The maximum Gasteiger partial charge on any atom is 0.387 e. The monoisotopic (exact) mass is 567 g/mol. The number of benzene rings is 1. The van der Waals surface area contributed by atoms with Gasteiger partial charge in [-0.05, 0) is 45.7 Å². The fraction of sp³-hybridized carbons (Fsp3) is 0.636. The smallest absolute Gasteiger partial charge is 0.387 e. The lowest BCUT2D eigenvalue weighted by Crippen LogP contribution is -2.44. The highest BCUT2D eigenvalue weighted by Crippen LogP contribution is 2.23. The summed E-state index contributed by atoms with van der Waals surface area (Å²) in [4.78, 5) is 20.7. The van der Waals surface area contributed by atoms with Gasteiger partial charge in [-0.15, -0.1) is 24.0 Å². The summed E-state index contributed by atoms with van der Waals surface area (Å²) in [5.41, 5.74) is 1.57. The van der Waals surface area contributed by atoms with Gasteiger partial charge in [0.2, 0.25) is 5.91 Å². The van der Waals surface area contributed by atoms with Gasteiger partial charge in [-0.2, -0.15) is 8.78 Å². The minimum atomic E-state index is -2.87. The zero-order chi connectivity index (χ0) is 22.8. The van der Waals surface area contributed by atoms with E-state index in [1.807, 2.05) is 13.8 Å². The van der Waals surface area contributed by atoms with Crippen LogP contribution in [-0.2, 0) is 11.3 Å². The highest BCUT2D eigenvalue weighted by molar-refractivity contribution is 14.0. The quantitative estimate of drug-likeness (QED) is 0.197. The molecule has 1 aromatic rings. The van der Waals surface area contributed by atoms with Crippen LogP contribution in [-0.4, -0.2) is 74.6 Å². The molecule has 0 radical (unpaired) electrons. The van der Waals surface area contributed by atoms with Crippen LogP contribution >= 0.6 is 24.0 Å². The number of ether oxygens (including phenoxy) is 1. The van der Waals surface area contributed by atoms with E-state index in [-0.39, 0.29) is 48.2 Å². The molecular weight excluding hydrogens is 531 g/mol. The molecule has 1 atom stereocenters. The van der Waals surface area contributed by atoms with Gasteiger partial charge in [0, 0.05) is 39.3 Å². The SMILES string of the molecule is CCNC(=NCc1cc(C)ccc1OC(F)F)NCCCN1CCCC1C(=O)N(C)C.I. The summed E-state index contributed by atoms with van der Waals surface area (Å²) in [7, 11) is 3.59. The van der Waals surface area contributed by atoms with Crippen LogP contribution in [0.3, 0.4) is 0 Å². The lowest BCUT2D eigenvalue weighted by atomic mass is 10.1. The molecule has 182 valence electrons. The largest absolute Gasteiger partial charge is 0.434 e. The number of nitrogens with one attached hydrogen (secondary N) is 2. The van der Waals surface area contributed by atoms with Crippen LogP contribution in [0.2, 0.25) is 0 Å². The molecule has 1 fully saturated rings. The normalized spacial score (nSPS) is 16.6. The van der Waals surface area contributed by atoms with Crippen molar-refractivity contribution in [3.05, 3.63) is 29.3 Å². The van der Waals surface area contributed by atoms with E-state index >= 15 is 0 Å². The number of likely N-dealkylation sites (tertiary alicyclic amines) is 1. The lowest BCUT2D eigenvalue weighted by molar-refractivity contribution is -0.133. The molecule has 2 N–H and O–H groups in total. The Morgan fingerprint density at radius 1 is 1.34 bits per heavy atom. The van der Waals surface area contributed by atoms with Gasteiger partial charge in [0.25, 0.3) is 0 Å². The van der Waals surface area contributed by atoms with E-state index in [9.17, 15) is 13.6 Å². The molecule has 1 aliphatic heterocycles. The summed E-state index contributed by atoms with van der Waals surface area (Å²) in [6.07, 6.45) is 2.82. The van der Waals surface area contributed by atoms with Gasteiger partial charge in [0.1, 0.15) is 5.75 Å².